The highest BCUT2D eigenvalue weighted by molar-refractivity contribution is 4.86. The summed E-state index contributed by atoms with van der Waals surface area (Å²) in [6.07, 6.45) is 13.0. The molecule has 2 saturated carbocycles. The van der Waals surface area contributed by atoms with E-state index < -0.39 is 0 Å². The molecule has 0 aromatic rings. The van der Waals surface area contributed by atoms with E-state index in [1.807, 2.05) is 0 Å². The van der Waals surface area contributed by atoms with E-state index in [0.29, 0.717) is 0 Å². The van der Waals surface area contributed by atoms with E-state index >= 15 is 0 Å². The van der Waals surface area contributed by atoms with Crippen molar-refractivity contribution in [2.75, 3.05) is 0 Å². The van der Waals surface area contributed by atoms with Gasteiger partial charge in [-0.1, -0.05) is 39.5 Å². The standard InChI is InChI=1S/C15H29N/c1-3-5-13-6-4-7-14(9-8-13)16-15-10-12(2)11-15/h12-16H,3-11H2,1-2H3. The molecule has 1 heteroatoms. The van der Waals surface area contributed by atoms with Crippen molar-refractivity contribution < 1.29 is 0 Å². The summed E-state index contributed by atoms with van der Waals surface area (Å²) in [6.45, 7) is 4.71. The van der Waals surface area contributed by atoms with E-state index in [1.165, 1.54) is 57.8 Å². The topological polar surface area (TPSA) is 12.0 Å². The summed E-state index contributed by atoms with van der Waals surface area (Å²) in [5.74, 6) is 2.02. The van der Waals surface area contributed by atoms with Crippen LogP contribution in [0.3, 0.4) is 0 Å². The van der Waals surface area contributed by atoms with Crippen molar-refractivity contribution >= 4 is 0 Å². The largest absolute Gasteiger partial charge is 0.311 e. The Morgan fingerprint density at radius 3 is 2.50 bits per heavy atom. The first-order chi connectivity index (χ1) is 7.78. The van der Waals surface area contributed by atoms with Crippen molar-refractivity contribution in [3.8, 4) is 0 Å². The van der Waals surface area contributed by atoms with Gasteiger partial charge in [-0.25, -0.2) is 0 Å². The van der Waals surface area contributed by atoms with Crippen LogP contribution in [0.4, 0.5) is 0 Å². The monoisotopic (exact) mass is 223 g/mol. The molecule has 0 amide bonds. The molecule has 0 heterocycles. The molecule has 2 unspecified atom stereocenters. The minimum absolute atomic E-state index is 0.847. The van der Waals surface area contributed by atoms with Crippen LogP contribution < -0.4 is 5.32 Å². The molecular formula is C15H29N. The minimum atomic E-state index is 0.847. The van der Waals surface area contributed by atoms with Crippen molar-refractivity contribution in [1.29, 1.82) is 0 Å². The lowest BCUT2D eigenvalue weighted by Gasteiger charge is -2.36. The maximum absolute atomic E-state index is 3.89. The lowest BCUT2D eigenvalue weighted by molar-refractivity contribution is 0.214. The van der Waals surface area contributed by atoms with Crippen LogP contribution in [-0.2, 0) is 0 Å². The lowest BCUT2D eigenvalue weighted by Crippen LogP contribution is -2.45. The van der Waals surface area contributed by atoms with Crippen molar-refractivity contribution in [2.45, 2.75) is 83.7 Å². The van der Waals surface area contributed by atoms with Gasteiger partial charge in [0.25, 0.3) is 0 Å². The third kappa shape index (κ3) is 3.48. The molecular weight excluding hydrogens is 194 g/mol. The minimum Gasteiger partial charge on any atom is -0.311 e. The molecule has 2 fully saturated rings. The molecule has 16 heavy (non-hydrogen) atoms. The molecule has 0 radical (unpaired) electrons. The molecule has 94 valence electrons. The molecule has 2 aliphatic rings. The van der Waals surface area contributed by atoms with E-state index in [2.05, 4.69) is 19.2 Å². The second-order valence-corrected chi connectivity index (χ2v) is 6.30. The molecule has 2 rings (SSSR count). The van der Waals surface area contributed by atoms with Crippen LogP contribution in [0.5, 0.6) is 0 Å². The highest BCUT2D eigenvalue weighted by Gasteiger charge is 2.28. The maximum Gasteiger partial charge on any atom is 0.00747 e. The van der Waals surface area contributed by atoms with Crippen molar-refractivity contribution in [3.05, 3.63) is 0 Å². The van der Waals surface area contributed by atoms with E-state index in [1.54, 1.807) is 0 Å². The molecule has 2 aliphatic carbocycles. The van der Waals surface area contributed by atoms with Gasteiger partial charge in [0.15, 0.2) is 0 Å². The smallest absolute Gasteiger partial charge is 0.00747 e. The second kappa shape index (κ2) is 6.05. The Hall–Kier alpha value is -0.0400. The molecule has 0 saturated heterocycles. The highest BCUT2D eigenvalue weighted by atomic mass is 15.0. The first-order valence-electron chi connectivity index (χ1n) is 7.54. The van der Waals surface area contributed by atoms with Crippen LogP contribution in [-0.4, -0.2) is 12.1 Å². The number of nitrogens with one attached hydrogen (secondary N) is 1. The molecule has 1 nitrogen and oxygen atoms in total. The molecule has 0 spiro atoms. The summed E-state index contributed by atoms with van der Waals surface area (Å²) in [4.78, 5) is 0. The van der Waals surface area contributed by atoms with E-state index in [-0.39, 0.29) is 0 Å². The average molecular weight is 223 g/mol. The van der Waals surface area contributed by atoms with E-state index in [4.69, 9.17) is 0 Å². The Morgan fingerprint density at radius 1 is 1.00 bits per heavy atom. The molecule has 0 aromatic carbocycles. The third-order valence-corrected chi connectivity index (χ3v) is 4.63. The number of rotatable bonds is 4. The molecule has 0 bridgehead atoms. The first kappa shape index (κ1) is 12.4. The Bertz CT molecular complexity index is 196. The number of hydrogen-bond acceptors (Lipinski definition) is 1. The summed E-state index contributed by atoms with van der Waals surface area (Å²) >= 11 is 0. The number of hydrogen-bond donors (Lipinski definition) is 1. The van der Waals surface area contributed by atoms with Gasteiger partial charge in [-0.2, -0.15) is 0 Å². The van der Waals surface area contributed by atoms with E-state index in [9.17, 15) is 0 Å². The van der Waals surface area contributed by atoms with Gasteiger partial charge in [-0.3, -0.25) is 0 Å². The average Bonchev–Trinajstić information content (AvgIpc) is 2.43. The Kier molecular flexibility index (Phi) is 4.69. The van der Waals surface area contributed by atoms with Gasteiger partial charge in [0.2, 0.25) is 0 Å². The van der Waals surface area contributed by atoms with Crippen LogP contribution in [0.25, 0.3) is 0 Å². The van der Waals surface area contributed by atoms with E-state index in [0.717, 1.165) is 23.9 Å². The summed E-state index contributed by atoms with van der Waals surface area (Å²) in [6, 6.07) is 1.71. The van der Waals surface area contributed by atoms with Crippen molar-refractivity contribution in [1.82, 2.24) is 5.32 Å². The fraction of sp³-hybridized carbons (Fsp3) is 1.00. The van der Waals surface area contributed by atoms with Gasteiger partial charge >= 0.3 is 0 Å². The molecule has 0 aliphatic heterocycles. The first-order valence-corrected chi connectivity index (χ1v) is 7.54. The zero-order chi connectivity index (χ0) is 11.4. The van der Waals surface area contributed by atoms with Crippen LogP contribution in [0.1, 0.15) is 71.6 Å². The summed E-state index contributed by atoms with van der Waals surface area (Å²) < 4.78 is 0. The molecule has 0 aromatic heterocycles. The normalized spacial score (nSPS) is 40.1. The van der Waals surface area contributed by atoms with Crippen LogP contribution in [0.15, 0.2) is 0 Å². The Labute approximate surface area is 101 Å². The molecule has 1 N–H and O–H groups in total. The third-order valence-electron chi connectivity index (χ3n) is 4.63. The van der Waals surface area contributed by atoms with Gasteiger partial charge in [-0.15, -0.1) is 0 Å². The maximum atomic E-state index is 3.89. The summed E-state index contributed by atoms with van der Waals surface area (Å²) in [5, 5.41) is 3.89. The van der Waals surface area contributed by atoms with Gasteiger partial charge in [0.1, 0.15) is 0 Å². The Balaban J connectivity index is 1.67. The predicted octanol–water partition coefficient (Wildman–Crippen LogP) is 4.12. The quantitative estimate of drug-likeness (QED) is 0.707. The fourth-order valence-electron chi connectivity index (χ4n) is 3.61. The summed E-state index contributed by atoms with van der Waals surface area (Å²) in [5.41, 5.74) is 0. The van der Waals surface area contributed by atoms with Gasteiger partial charge < -0.3 is 5.32 Å². The highest BCUT2D eigenvalue weighted by Crippen LogP contribution is 2.30. The fourth-order valence-corrected chi connectivity index (χ4v) is 3.61. The van der Waals surface area contributed by atoms with Gasteiger partial charge in [0.05, 0.1) is 0 Å². The van der Waals surface area contributed by atoms with Crippen LogP contribution in [0.2, 0.25) is 0 Å². The Morgan fingerprint density at radius 2 is 1.81 bits per heavy atom. The summed E-state index contributed by atoms with van der Waals surface area (Å²) in [7, 11) is 0. The van der Waals surface area contributed by atoms with Crippen molar-refractivity contribution in [3.63, 3.8) is 0 Å². The zero-order valence-electron chi connectivity index (χ0n) is 11.2. The SMILES string of the molecule is CCCC1CCCC(NC2CC(C)C2)CC1. The predicted molar refractivity (Wildman–Crippen MR) is 70.6 cm³/mol. The zero-order valence-corrected chi connectivity index (χ0v) is 11.2. The second-order valence-electron chi connectivity index (χ2n) is 6.30. The lowest BCUT2D eigenvalue weighted by atomic mass is 9.81. The van der Waals surface area contributed by atoms with Gasteiger partial charge in [0, 0.05) is 12.1 Å². The van der Waals surface area contributed by atoms with Crippen LogP contribution >= 0.6 is 0 Å². The van der Waals surface area contributed by atoms with Crippen molar-refractivity contribution in [2.24, 2.45) is 11.8 Å². The molecule has 2 atom stereocenters. The van der Waals surface area contributed by atoms with Gasteiger partial charge in [-0.05, 0) is 43.9 Å². The van der Waals surface area contributed by atoms with Crippen LogP contribution in [0, 0.1) is 11.8 Å².